The Hall–Kier alpha value is -1.68. The van der Waals surface area contributed by atoms with Gasteiger partial charge in [0.1, 0.15) is 12.2 Å². The first kappa shape index (κ1) is 12.4. The fourth-order valence-electron chi connectivity index (χ4n) is 2.74. The van der Waals surface area contributed by atoms with Gasteiger partial charge in [0.05, 0.1) is 6.54 Å². The summed E-state index contributed by atoms with van der Waals surface area (Å²) >= 11 is 0. The summed E-state index contributed by atoms with van der Waals surface area (Å²) in [5.74, 6) is 1.69. The first-order chi connectivity index (χ1) is 9.43. The Labute approximate surface area is 113 Å². The molecule has 0 radical (unpaired) electrons. The molecule has 100 valence electrons. The second-order valence-electron chi connectivity index (χ2n) is 5.14. The minimum Gasteiger partial charge on any atom is -0.317 e. The quantitative estimate of drug-likeness (QED) is 0.915. The summed E-state index contributed by atoms with van der Waals surface area (Å²) in [5.41, 5.74) is 1.28. The van der Waals surface area contributed by atoms with E-state index in [2.05, 4.69) is 44.3 Å². The van der Waals surface area contributed by atoms with Gasteiger partial charge in [-0.3, -0.25) is 0 Å². The molecule has 19 heavy (non-hydrogen) atoms. The summed E-state index contributed by atoms with van der Waals surface area (Å²) in [7, 11) is 0. The highest BCUT2D eigenvalue weighted by Crippen LogP contribution is 2.24. The number of aromatic nitrogens is 3. The largest absolute Gasteiger partial charge is 0.317 e. The van der Waals surface area contributed by atoms with Crippen molar-refractivity contribution in [2.24, 2.45) is 0 Å². The zero-order valence-electron chi connectivity index (χ0n) is 11.1. The number of rotatable bonds is 3. The smallest absolute Gasteiger partial charge is 0.138 e. The lowest BCUT2D eigenvalue weighted by Gasteiger charge is -2.14. The Bertz CT molecular complexity index is 498. The number of hydrogen-bond donors (Lipinski definition) is 1. The van der Waals surface area contributed by atoms with Gasteiger partial charge in [-0.05, 0) is 37.9 Å². The maximum absolute atomic E-state index is 4.50. The van der Waals surface area contributed by atoms with Gasteiger partial charge < -0.3 is 5.32 Å². The van der Waals surface area contributed by atoms with Crippen LogP contribution in [0.3, 0.4) is 0 Å². The van der Waals surface area contributed by atoms with Crippen LogP contribution < -0.4 is 5.32 Å². The van der Waals surface area contributed by atoms with Crippen LogP contribution in [-0.4, -0.2) is 27.9 Å². The first-order valence-electron chi connectivity index (χ1n) is 7.06. The second kappa shape index (κ2) is 5.97. The number of nitrogens with zero attached hydrogens (tertiary/aromatic N) is 3. The zero-order chi connectivity index (χ0) is 12.9. The fourth-order valence-corrected chi connectivity index (χ4v) is 2.74. The first-order valence-corrected chi connectivity index (χ1v) is 7.06. The third kappa shape index (κ3) is 3.01. The molecule has 0 bridgehead atoms. The molecule has 1 saturated heterocycles. The van der Waals surface area contributed by atoms with Crippen molar-refractivity contribution in [2.45, 2.75) is 31.7 Å². The summed E-state index contributed by atoms with van der Waals surface area (Å²) in [4.78, 5) is 4.50. The van der Waals surface area contributed by atoms with Crippen molar-refractivity contribution in [2.75, 3.05) is 13.1 Å². The summed E-state index contributed by atoms with van der Waals surface area (Å²) < 4.78 is 2.06. The molecule has 1 aliphatic rings. The molecular formula is C15H20N4. The highest BCUT2D eigenvalue weighted by Gasteiger charge is 2.19. The third-order valence-corrected chi connectivity index (χ3v) is 3.76. The molecule has 1 aromatic heterocycles. The van der Waals surface area contributed by atoms with Crippen LogP contribution >= 0.6 is 0 Å². The Kier molecular flexibility index (Phi) is 3.89. The van der Waals surface area contributed by atoms with Gasteiger partial charge in [0.2, 0.25) is 0 Å². The van der Waals surface area contributed by atoms with Gasteiger partial charge in [-0.15, -0.1) is 0 Å². The van der Waals surface area contributed by atoms with Crippen LogP contribution in [0.5, 0.6) is 0 Å². The molecule has 0 spiro atoms. The molecule has 4 nitrogen and oxygen atoms in total. The van der Waals surface area contributed by atoms with Crippen molar-refractivity contribution in [1.29, 1.82) is 0 Å². The van der Waals surface area contributed by atoms with Gasteiger partial charge in [0, 0.05) is 5.92 Å². The Morgan fingerprint density at radius 2 is 2.05 bits per heavy atom. The normalized spacial score (nSPS) is 20.1. The van der Waals surface area contributed by atoms with Gasteiger partial charge in [-0.2, -0.15) is 5.10 Å². The summed E-state index contributed by atoms with van der Waals surface area (Å²) in [6.45, 7) is 3.03. The van der Waals surface area contributed by atoms with Crippen LogP contribution in [0.15, 0.2) is 36.7 Å². The molecule has 0 saturated carbocycles. The maximum Gasteiger partial charge on any atom is 0.138 e. The van der Waals surface area contributed by atoms with Gasteiger partial charge in [0.25, 0.3) is 0 Å². The molecule has 2 heterocycles. The topological polar surface area (TPSA) is 42.7 Å². The van der Waals surface area contributed by atoms with Gasteiger partial charge >= 0.3 is 0 Å². The Morgan fingerprint density at radius 1 is 1.16 bits per heavy atom. The van der Waals surface area contributed by atoms with Crippen LogP contribution in [0.2, 0.25) is 0 Å². The molecule has 2 aromatic rings. The van der Waals surface area contributed by atoms with E-state index < -0.39 is 0 Å². The molecule has 0 aliphatic carbocycles. The molecule has 1 atom stereocenters. The molecule has 1 aliphatic heterocycles. The van der Waals surface area contributed by atoms with Crippen LogP contribution in [0.4, 0.5) is 0 Å². The van der Waals surface area contributed by atoms with E-state index in [4.69, 9.17) is 0 Å². The summed E-state index contributed by atoms with van der Waals surface area (Å²) in [6.07, 6.45) is 5.29. The van der Waals surface area contributed by atoms with E-state index in [9.17, 15) is 0 Å². The van der Waals surface area contributed by atoms with Crippen molar-refractivity contribution in [3.05, 3.63) is 48.0 Å². The van der Waals surface area contributed by atoms with Crippen molar-refractivity contribution >= 4 is 0 Å². The highest BCUT2D eigenvalue weighted by molar-refractivity contribution is 5.15. The molecule has 4 heteroatoms. The minimum atomic E-state index is 0.543. The Morgan fingerprint density at radius 3 is 2.95 bits per heavy atom. The fraction of sp³-hybridized carbons (Fsp3) is 0.467. The van der Waals surface area contributed by atoms with E-state index >= 15 is 0 Å². The van der Waals surface area contributed by atoms with Crippen LogP contribution in [0, 0.1) is 0 Å². The van der Waals surface area contributed by atoms with E-state index in [1.807, 2.05) is 6.07 Å². The van der Waals surface area contributed by atoms with Gasteiger partial charge in [-0.1, -0.05) is 30.3 Å². The average molecular weight is 256 g/mol. The monoisotopic (exact) mass is 256 g/mol. The highest BCUT2D eigenvalue weighted by atomic mass is 15.3. The Balaban J connectivity index is 1.78. The third-order valence-electron chi connectivity index (χ3n) is 3.76. The maximum atomic E-state index is 4.50. The van der Waals surface area contributed by atoms with Gasteiger partial charge in [0.15, 0.2) is 0 Å². The van der Waals surface area contributed by atoms with Crippen molar-refractivity contribution in [1.82, 2.24) is 20.1 Å². The van der Waals surface area contributed by atoms with Crippen LogP contribution in [-0.2, 0) is 6.54 Å². The lowest BCUT2D eigenvalue weighted by molar-refractivity contribution is 0.522. The minimum absolute atomic E-state index is 0.543. The standard InChI is InChI=1S/C15H20N4/c1-2-5-13(6-3-1)11-19-15(17-12-18-19)14-7-4-9-16-10-8-14/h1-3,5-6,12,14,16H,4,7-11H2. The molecular weight excluding hydrogens is 236 g/mol. The average Bonchev–Trinajstić information content (AvgIpc) is 2.74. The molecule has 1 unspecified atom stereocenters. The molecule has 0 amide bonds. The van der Waals surface area contributed by atoms with E-state index in [0.29, 0.717) is 5.92 Å². The molecule has 1 fully saturated rings. The second-order valence-corrected chi connectivity index (χ2v) is 5.14. The van der Waals surface area contributed by atoms with Crippen LogP contribution in [0.1, 0.15) is 36.6 Å². The van der Waals surface area contributed by atoms with E-state index in [1.165, 1.54) is 18.4 Å². The SMILES string of the molecule is c1ccc(Cn2ncnc2C2CCCNCC2)cc1. The van der Waals surface area contributed by atoms with Gasteiger partial charge in [-0.25, -0.2) is 9.67 Å². The number of benzene rings is 1. The van der Waals surface area contributed by atoms with Crippen molar-refractivity contribution in [3.63, 3.8) is 0 Å². The summed E-state index contributed by atoms with van der Waals surface area (Å²) in [5, 5.41) is 7.85. The molecule has 1 aromatic carbocycles. The predicted octanol–water partition coefficient (Wildman–Crippen LogP) is 2.18. The summed E-state index contributed by atoms with van der Waals surface area (Å²) in [6, 6.07) is 10.5. The number of hydrogen-bond acceptors (Lipinski definition) is 3. The van der Waals surface area contributed by atoms with E-state index in [-0.39, 0.29) is 0 Å². The van der Waals surface area contributed by atoms with E-state index in [1.54, 1.807) is 6.33 Å². The zero-order valence-corrected chi connectivity index (χ0v) is 11.1. The van der Waals surface area contributed by atoms with Crippen molar-refractivity contribution in [3.8, 4) is 0 Å². The van der Waals surface area contributed by atoms with Crippen LogP contribution in [0.25, 0.3) is 0 Å². The van der Waals surface area contributed by atoms with Crippen molar-refractivity contribution < 1.29 is 0 Å². The lowest BCUT2D eigenvalue weighted by Crippen LogP contribution is -2.15. The molecule has 1 N–H and O–H groups in total. The lowest BCUT2D eigenvalue weighted by atomic mass is 10.00. The molecule has 3 rings (SSSR count). The van der Waals surface area contributed by atoms with E-state index in [0.717, 1.165) is 31.9 Å². The predicted molar refractivity (Wildman–Crippen MR) is 75.0 cm³/mol. The number of nitrogens with one attached hydrogen (secondary N) is 1.